The van der Waals surface area contributed by atoms with E-state index < -0.39 is 0 Å². The highest BCUT2D eigenvalue weighted by Crippen LogP contribution is 2.18. The van der Waals surface area contributed by atoms with Crippen molar-refractivity contribution >= 4 is 22.9 Å². The molecule has 0 bridgehead atoms. The number of nitrogens with zero attached hydrogens (tertiary/aromatic N) is 1. The average Bonchev–Trinajstić information content (AvgIpc) is 3.00. The molecule has 3 rings (SSSR count). The van der Waals surface area contributed by atoms with Crippen molar-refractivity contribution in [3.63, 3.8) is 0 Å². The number of nitrogens with one attached hydrogen (secondary N) is 2. The number of H-pyrrole nitrogens is 2. The lowest BCUT2D eigenvalue weighted by Gasteiger charge is -2.05. The number of imidazole rings is 1. The Morgan fingerprint density at radius 3 is 2.60 bits per heavy atom. The first kappa shape index (κ1) is 17.0. The summed E-state index contributed by atoms with van der Waals surface area (Å²) in [5, 5.41) is 0. The molecule has 0 amide bonds. The molecule has 1 aromatic heterocycles. The fourth-order valence-electron chi connectivity index (χ4n) is 2.62. The smallest absolute Gasteiger partial charge is 0.323 e. The number of benzene rings is 2. The summed E-state index contributed by atoms with van der Waals surface area (Å²) in [5.74, 6) is 0.889. The molecule has 0 aliphatic carbocycles. The largest absolute Gasteiger partial charge is 0.494 e. The fourth-order valence-corrected chi connectivity index (χ4v) is 2.62. The van der Waals surface area contributed by atoms with Crippen molar-refractivity contribution in [1.29, 1.82) is 0 Å². The monoisotopic (exact) mass is 337 g/mol. The topological polar surface area (TPSA) is 70.2 Å². The highest BCUT2D eigenvalue weighted by atomic mass is 16.5. The lowest BCUT2D eigenvalue weighted by atomic mass is 10.2. The van der Waals surface area contributed by atoms with E-state index in [9.17, 15) is 4.79 Å². The fraction of sp³-hybridized carbons (Fsp3) is 0.300. The second-order valence-electron chi connectivity index (χ2n) is 6.05. The van der Waals surface area contributed by atoms with E-state index in [-0.39, 0.29) is 5.69 Å². The number of hydrogen-bond acceptors (Lipinski definition) is 3. The van der Waals surface area contributed by atoms with Gasteiger partial charge in [-0.25, -0.2) is 4.79 Å². The second-order valence-corrected chi connectivity index (χ2v) is 6.05. The van der Waals surface area contributed by atoms with Crippen LogP contribution in [-0.4, -0.2) is 22.8 Å². The standard InChI is InChI=1S/C20H23N3O2/c1-2-3-4-5-12-25-17-9-6-15(7-10-17)14-21-16-8-11-18-19(13-16)23-20(24)22-18/h6-11,13-14H,2-5,12H2,1H3,(H2,22,23,24). The predicted molar refractivity (Wildman–Crippen MR) is 102 cm³/mol. The summed E-state index contributed by atoms with van der Waals surface area (Å²) in [7, 11) is 0. The molecular formula is C20H23N3O2. The highest BCUT2D eigenvalue weighted by molar-refractivity contribution is 5.84. The lowest BCUT2D eigenvalue weighted by Crippen LogP contribution is -1.99. The van der Waals surface area contributed by atoms with E-state index in [2.05, 4.69) is 21.9 Å². The number of aromatic amines is 2. The third-order valence-electron chi connectivity index (χ3n) is 4.01. The van der Waals surface area contributed by atoms with Gasteiger partial charge in [-0.05, 0) is 54.4 Å². The number of rotatable bonds is 8. The molecule has 130 valence electrons. The first-order valence-electron chi connectivity index (χ1n) is 8.73. The molecule has 3 aromatic rings. The van der Waals surface area contributed by atoms with Crippen LogP contribution < -0.4 is 10.4 Å². The second kappa shape index (κ2) is 8.33. The summed E-state index contributed by atoms with van der Waals surface area (Å²) >= 11 is 0. The number of aromatic nitrogens is 2. The molecule has 0 radical (unpaired) electrons. The van der Waals surface area contributed by atoms with E-state index in [0.29, 0.717) is 0 Å². The van der Waals surface area contributed by atoms with Gasteiger partial charge < -0.3 is 14.7 Å². The van der Waals surface area contributed by atoms with Crippen molar-refractivity contribution in [1.82, 2.24) is 9.97 Å². The van der Waals surface area contributed by atoms with Crippen molar-refractivity contribution in [2.75, 3.05) is 6.61 Å². The minimum Gasteiger partial charge on any atom is -0.494 e. The molecule has 25 heavy (non-hydrogen) atoms. The van der Waals surface area contributed by atoms with Gasteiger partial charge in [0.1, 0.15) is 5.75 Å². The van der Waals surface area contributed by atoms with Crippen molar-refractivity contribution in [2.24, 2.45) is 4.99 Å². The molecule has 0 fully saturated rings. The molecule has 0 spiro atoms. The predicted octanol–water partition coefficient (Wildman–Crippen LogP) is 4.57. The van der Waals surface area contributed by atoms with Crippen molar-refractivity contribution in [2.45, 2.75) is 32.6 Å². The van der Waals surface area contributed by atoms with Gasteiger partial charge in [0.15, 0.2) is 0 Å². The van der Waals surface area contributed by atoms with E-state index in [1.165, 1.54) is 19.3 Å². The molecule has 1 heterocycles. The third-order valence-corrected chi connectivity index (χ3v) is 4.01. The molecule has 0 saturated carbocycles. The molecule has 2 aromatic carbocycles. The number of hydrogen-bond donors (Lipinski definition) is 2. The van der Waals surface area contributed by atoms with E-state index >= 15 is 0 Å². The van der Waals surface area contributed by atoms with Crippen molar-refractivity contribution in [3.05, 3.63) is 58.5 Å². The summed E-state index contributed by atoms with van der Waals surface area (Å²) in [5.41, 5.74) is 3.12. The molecule has 5 nitrogen and oxygen atoms in total. The zero-order valence-corrected chi connectivity index (χ0v) is 14.4. The summed E-state index contributed by atoms with van der Waals surface area (Å²) in [6.07, 6.45) is 6.62. The number of fused-ring (bicyclic) bond motifs is 1. The third kappa shape index (κ3) is 4.83. The van der Waals surface area contributed by atoms with Gasteiger partial charge in [0, 0.05) is 6.21 Å². The molecular weight excluding hydrogens is 314 g/mol. The van der Waals surface area contributed by atoms with E-state index in [1.807, 2.05) is 42.5 Å². The van der Waals surface area contributed by atoms with Gasteiger partial charge in [-0.3, -0.25) is 4.99 Å². The Morgan fingerprint density at radius 1 is 1.00 bits per heavy atom. The van der Waals surface area contributed by atoms with Gasteiger partial charge in [-0.15, -0.1) is 0 Å². The Bertz CT molecular complexity index is 891. The van der Waals surface area contributed by atoms with Gasteiger partial charge in [-0.2, -0.15) is 0 Å². The molecule has 2 N–H and O–H groups in total. The van der Waals surface area contributed by atoms with Gasteiger partial charge in [-0.1, -0.05) is 26.2 Å². The van der Waals surface area contributed by atoms with Crippen LogP contribution in [0.25, 0.3) is 11.0 Å². The minimum atomic E-state index is -0.207. The minimum absolute atomic E-state index is 0.207. The average molecular weight is 337 g/mol. The van der Waals surface area contributed by atoms with E-state index in [0.717, 1.165) is 41.1 Å². The van der Waals surface area contributed by atoms with E-state index in [1.54, 1.807) is 6.21 Å². The van der Waals surface area contributed by atoms with Crippen LogP contribution in [-0.2, 0) is 0 Å². The number of ether oxygens (including phenoxy) is 1. The van der Waals surface area contributed by atoms with Crippen LogP contribution in [0.4, 0.5) is 5.69 Å². The zero-order chi connectivity index (χ0) is 17.5. The molecule has 5 heteroatoms. The Hall–Kier alpha value is -2.82. The summed E-state index contributed by atoms with van der Waals surface area (Å²) in [6.45, 7) is 2.97. The molecule has 0 unspecified atom stereocenters. The quantitative estimate of drug-likeness (QED) is 0.467. The maximum Gasteiger partial charge on any atom is 0.323 e. The Morgan fingerprint density at radius 2 is 1.80 bits per heavy atom. The Balaban J connectivity index is 1.58. The van der Waals surface area contributed by atoms with Crippen LogP contribution in [0.3, 0.4) is 0 Å². The van der Waals surface area contributed by atoms with Gasteiger partial charge in [0.25, 0.3) is 0 Å². The Labute approximate surface area is 146 Å². The lowest BCUT2D eigenvalue weighted by molar-refractivity contribution is 0.305. The first-order chi connectivity index (χ1) is 12.2. The van der Waals surface area contributed by atoms with Crippen LogP contribution in [0.15, 0.2) is 52.3 Å². The molecule has 0 aliphatic heterocycles. The maximum absolute atomic E-state index is 11.3. The van der Waals surface area contributed by atoms with E-state index in [4.69, 9.17) is 4.74 Å². The maximum atomic E-state index is 11.3. The molecule has 0 atom stereocenters. The number of aliphatic imine (C=N–C) groups is 1. The Kier molecular flexibility index (Phi) is 5.67. The van der Waals surface area contributed by atoms with Crippen LogP contribution in [0, 0.1) is 0 Å². The first-order valence-corrected chi connectivity index (χ1v) is 8.73. The van der Waals surface area contributed by atoms with Gasteiger partial charge in [0.05, 0.1) is 23.3 Å². The zero-order valence-electron chi connectivity index (χ0n) is 14.4. The normalized spacial score (nSPS) is 11.4. The summed E-state index contributed by atoms with van der Waals surface area (Å²) in [4.78, 5) is 21.2. The highest BCUT2D eigenvalue weighted by Gasteiger charge is 1.99. The van der Waals surface area contributed by atoms with Crippen molar-refractivity contribution in [3.8, 4) is 5.75 Å². The van der Waals surface area contributed by atoms with Crippen LogP contribution in [0.5, 0.6) is 5.75 Å². The van der Waals surface area contributed by atoms with Crippen LogP contribution in [0.1, 0.15) is 38.2 Å². The molecule has 0 aliphatic rings. The summed E-state index contributed by atoms with van der Waals surface area (Å²) in [6, 6.07) is 13.5. The SMILES string of the molecule is CCCCCCOc1ccc(C=Nc2ccc3[nH]c(=O)[nH]c3c2)cc1. The van der Waals surface area contributed by atoms with Gasteiger partial charge in [0.2, 0.25) is 0 Å². The number of unbranched alkanes of at least 4 members (excludes halogenated alkanes) is 3. The van der Waals surface area contributed by atoms with Gasteiger partial charge >= 0.3 is 5.69 Å². The molecule has 0 saturated heterocycles. The van der Waals surface area contributed by atoms with Crippen LogP contribution in [0.2, 0.25) is 0 Å². The summed E-state index contributed by atoms with van der Waals surface area (Å²) < 4.78 is 5.74. The van der Waals surface area contributed by atoms with Crippen LogP contribution >= 0.6 is 0 Å². The van der Waals surface area contributed by atoms with Crippen molar-refractivity contribution < 1.29 is 4.74 Å².